The van der Waals surface area contributed by atoms with Gasteiger partial charge in [0.05, 0.1) is 0 Å². The summed E-state index contributed by atoms with van der Waals surface area (Å²) in [7, 11) is 0. The molecule has 0 bridgehead atoms. The topological polar surface area (TPSA) is 12.0 Å². The highest BCUT2D eigenvalue weighted by atomic mass is 79.9. The van der Waals surface area contributed by atoms with E-state index < -0.39 is 0 Å². The summed E-state index contributed by atoms with van der Waals surface area (Å²) in [5.74, 6) is -0.271. The van der Waals surface area contributed by atoms with Crippen molar-refractivity contribution in [1.29, 1.82) is 0 Å². The van der Waals surface area contributed by atoms with Crippen molar-refractivity contribution in [2.24, 2.45) is 0 Å². The third-order valence-corrected chi connectivity index (χ3v) is 4.37. The molecule has 0 heterocycles. The van der Waals surface area contributed by atoms with E-state index in [1.54, 1.807) is 0 Å². The van der Waals surface area contributed by atoms with E-state index in [0.29, 0.717) is 20.9 Å². The zero-order chi connectivity index (χ0) is 15.4. The summed E-state index contributed by atoms with van der Waals surface area (Å²) in [6.07, 6.45) is 0.599. The fourth-order valence-electron chi connectivity index (χ4n) is 2.26. The van der Waals surface area contributed by atoms with E-state index in [9.17, 15) is 4.39 Å². The molecule has 112 valence electrons. The second-order valence-corrected chi connectivity index (χ2v) is 6.45. The maximum absolute atomic E-state index is 13.6. The first-order chi connectivity index (χ1) is 10.0. The van der Waals surface area contributed by atoms with Crippen molar-refractivity contribution < 1.29 is 4.39 Å². The van der Waals surface area contributed by atoms with Gasteiger partial charge in [-0.05, 0) is 54.4 Å². The Morgan fingerprint density at radius 3 is 2.43 bits per heavy atom. The molecule has 0 spiro atoms. The van der Waals surface area contributed by atoms with Crippen LogP contribution in [-0.2, 0) is 6.42 Å². The van der Waals surface area contributed by atoms with Crippen molar-refractivity contribution in [3.05, 3.63) is 67.9 Å². The number of benzene rings is 2. The van der Waals surface area contributed by atoms with E-state index in [4.69, 9.17) is 23.2 Å². The van der Waals surface area contributed by atoms with Gasteiger partial charge < -0.3 is 5.32 Å². The van der Waals surface area contributed by atoms with Crippen LogP contribution < -0.4 is 5.32 Å². The molecule has 2 aromatic rings. The van der Waals surface area contributed by atoms with Gasteiger partial charge in [0.2, 0.25) is 0 Å². The molecule has 1 atom stereocenters. The molecule has 1 nitrogen and oxygen atoms in total. The van der Waals surface area contributed by atoms with Gasteiger partial charge in [-0.2, -0.15) is 0 Å². The third-order valence-electron chi connectivity index (χ3n) is 3.21. The lowest BCUT2D eigenvalue weighted by molar-refractivity contribution is 0.542. The van der Waals surface area contributed by atoms with Crippen LogP contribution >= 0.6 is 39.1 Å². The monoisotopic (exact) mass is 389 g/mol. The Bertz CT molecular complexity index is 593. The Morgan fingerprint density at radius 1 is 1.19 bits per heavy atom. The van der Waals surface area contributed by atoms with E-state index in [1.165, 1.54) is 12.1 Å². The highest BCUT2D eigenvalue weighted by Gasteiger charge is 2.16. The van der Waals surface area contributed by atoms with E-state index in [2.05, 4.69) is 21.2 Å². The van der Waals surface area contributed by atoms with Crippen molar-refractivity contribution in [3.8, 4) is 0 Å². The molecule has 0 amide bonds. The zero-order valence-electron chi connectivity index (χ0n) is 11.5. The molecule has 0 aromatic heterocycles. The van der Waals surface area contributed by atoms with Crippen LogP contribution in [0.1, 0.15) is 24.1 Å². The summed E-state index contributed by atoms with van der Waals surface area (Å²) in [5.41, 5.74) is 1.73. The summed E-state index contributed by atoms with van der Waals surface area (Å²) < 4.78 is 14.3. The van der Waals surface area contributed by atoms with Crippen molar-refractivity contribution in [1.82, 2.24) is 5.32 Å². The van der Waals surface area contributed by atoms with Gasteiger partial charge in [0.25, 0.3) is 0 Å². The lowest BCUT2D eigenvalue weighted by Crippen LogP contribution is -2.23. The van der Waals surface area contributed by atoms with E-state index in [1.807, 2.05) is 31.2 Å². The Morgan fingerprint density at radius 2 is 1.86 bits per heavy atom. The van der Waals surface area contributed by atoms with Crippen LogP contribution in [0.2, 0.25) is 10.0 Å². The van der Waals surface area contributed by atoms with Crippen molar-refractivity contribution in [2.75, 3.05) is 6.54 Å². The molecule has 0 saturated heterocycles. The predicted octanol–water partition coefficient (Wildman–Crippen LogP) is 5.79. The summed E-state index contributed by atoms with van der Waals surface area (Å²) in [6.45, 7) is 2.77. The van der Waals surface area contributed by atoms with Gasteiger partial charge in [0, 0.05) is 20.6 Å². The normalized spacial score (nSPS) is 12.4. The highest BCUT2D eigenvalue weighted by molar-refractivity contribution is 9.10. The molecular formula is C16H15BrCl2FN. The summed E-state index contributed by atoms with van der Waals surface area (Å²) >= 11 is 15.8. The quantitative estimate of drug-likeness (QED) is 0.681. The average molecular weight is 391 g/mol. The molecule has 2 rings (SSSR count). The molecular weight excluding hydrogens is 376 g/mol. The largest absolute Gasteiger partial charge is 0.310 e. The summed E-state index contributed by atoms with van der Waals surface area (Å²) in [4.78, 5) is 0. The predicted molar refractivity (Wildman–Crippen MR) is 90.7 cm³/mol. The minimum atomic E-state index is -0.271. The second-order valence-electron chi connectivity index (χ2n) is 4.72. The van der Waals surface area contributed by atoms with Crippen LogP contribution in [0.25, 0.3) is 0 Å². The Balaban J connectivity index is 2.35. The second kappa shape index (κ2) is 7.59. The van der Waals surface area contributed by atoms with Gasteiger partial charge >= 0.3 is 0 Å². The van der Waals surface area contributed by atoms with E-state index in [-0.39, 0.29) is 11.9 Å². The van der Waals surface area contributed by atoms with E-state index >= 15 is 0 Å². The van der Waals surface area contributed by atoms with Crippen LogP contribution in [0.15, 0.2) is 40.9 Å². The van der Waals surface area contributed by atoms with Crippen LogP contribution in [0, 0.1) is 5.82 Å². The lowest BCUT2D eigenvalue weighted by atomic mass is 9.98. The maximum atomic E-state index is 13.6. The smallest absolute Gasteiger partial charge is 0.124 e. The molecule has 0 aliphatic heterocycles. The first-order valence-electron chi connectivity index (χ1n) is 6.63. The third kappa shape index (κ3) is 4.43. The van der Waals surface area contributed by atoms with Gasteiger partial charge in [0.1, 0.15) is 5.82 Å². The van der Waals surface area contributed by atoms with Crippen LogP contribution in [0.4, 0.5) is 4.39 Å². The minimum absolute atomic E-state index is 0.0561. The zero-order valence-corrected chi connectivity index (χ0v) is 14.6. The van der Waals surface area contributed by atoms with Gasteiger partial charge in [-0.3, -0.25) is 0 Å². The summed E-state index contributed by atoms with van der Waals surface area (Å²) in [6, 6.07) is 10.3. The Kier molecular flexibility index (Phi) is 6.06. The van der Waals surface area contributed by atoms with Crippen LogP contribution in [0.3, 0.4) is 0 Å². The number of likely N-dealkylation sites (N-methyl/N-ethyl adjacent to an activating group) is 1. The Labute approximate surface area is 142 Å². The van der Waals surface area contributed by atoms with Crippen molar-refractivity contribution >= 4 is 39.1 Å². The number of halogens is 4. The van der Waals surface area contributed by atoms with Gasteiger partial charge in [-0.1, -0.05) is 52.1 Å². The first kappa shape index (κ1) is 16.8. The van der Waals surface area contributed by atoms with Gasteiger partial charge in [-0.15, -0.1) is 0 Å². The lowest BCUT2D eigenvalue weighted by Gasteiger charge is -2.20. The van der Waals surface area contributed by atoms with Crippen LogP contribution in [0.5, 0.6) is 0 Å². The maximum Gasteiger partial charge on any atom is 0.124 e. The number of rotatable bonds is 5. The van der Waals surface area contributed by atoms with Crippen molar-refractivity contribution in [3.63, 3.8) is 0 Å². The number of hydrogen-bond acceptors (Lipinski definition) is 1. The molecule has 5 heteroatoms. The molecule has 1 unspecified atom stereocenters. The van der Waals surface area contributed by atoms with Gasteiger partial charge in [0.15, 0.2) is 0 Å². The van der Waals surface area contributed by atoms with E-state index in [0.717, 1.165) is 17.7 Å². The standard InChI is InChI=1S/C16H15BrCl2FN/c1-2-21-16(10-6-11(17)8-12(20)7-10)9-13-14(18)4-3-5-15(13)19/h3-8,16,21H,2,9H2,1H3. The molecule has 0 radical (unpaired) electrons. The molecule has 1 N–H and O–H groups in total. The van der Waals surface area contributed by atoms with Crippen molar-refractivity contribution in [2.45, 2.75) is 19.4 Å². The molecule has 0 aliphatic rings. The molecule has 0 aliphatic carbocycles. The Hall–Kier alpha value is -0.610. The highest BCUT2D eigenvalue weighted by Crippen LogP contribution is 2.30. The summed E-state index contributed by atoms with van der Waals surface area (Å²) in [5, 5.41) is 4.60. The molecule has 2 aromatic carbocycles. The first-order valence-corrected chi connectivity index (χ1v) is 8.18. The number of nitrogens with one attached hydrogen (secondary N) is 1. The minimum Gasteiger partial charge on any atom is -0.310 e. The molecule has 0 fully saturated rings. The fraction of sp³-hybridized carbons (Fsp3) is 0.250. The van der Waals surface area contributed by atoms with Gasteiger partial charge in [-0.25, -0.2) is 4.39 Å². The average Bonchev–Trinajstić information content (AvgIpc) is 2.40. The fourth-order valence-corrected chi connectivity index (χ4v) is 3.30. The number of hydrogen-bond donors (Lipinski definition) is 1. The molecule has 21 heavy (non-hydrogen) atoms. The SMILES string of the molecule is CCNC(Cc1c(Cl)cccc1Cl)c1cc(F)cc(Br)c1. The van der Waals surface area contributed by atoms with Crippen LogP contribution in [-0.4, -0.2) is 6.54 Å². The molecule has 0 saturated carbocycles.